The molecule has 0 bridgehead atoms. The fraction of sp³-hybridized carbons (Fsp3) is 0.100. The van der Waals surface area contributed by atoms with Crippen LogP contribution in [0.3, 0.4) is 0 Å². The lowest BCUT2D eigenvalue weighted by Crippen LogP contribution is -1.87. The molecule has 3 aromatic rings. The molecule has 0 amide bonds. The molecule has 0 aliphatic heterocycles. The Morgan fingerprint density at radius 3 is 1.76 bits per heavy atom. The van der Waals surface area contributed by atoms with E-state index in [0.717, 1.165) is 5.75 Å². The van der Waals surface area contributed by atoms with Gasteiger partial charge >= 0.3 is 0 Å². The van der Waals surface area contributed by atoms with Crippen LogP contribution in [-0.2, 0) is 0 Å². The minimum atomic E-state index is 0.881. The Kier molecular flexibility index (Phi) is 3.74. The second-order valence-corrected chi connectivity index (χ2v) is 5.18. The smallest absolute Gasteiger partial charge is 0.120 e. The van der Waals surface area contributed by atoms with Gasteiger partial charge in [-0.15, -0.1) is 0 Å². The van der Waals surface area contributed by atoms with Crippen molar-refractivity contribution in [2.45, 2.75) is 6.92 Å². The number of ether oxygens (including phenoxy) is 1. The summed E-state index contributed by atoms with van der Waals surface area (Å²) in [7, 11) is 1.71. The molecule has 0 saturated carbocycles. The fourth-order valence-corrected chi connectivity index (χ4v) is 2.43. The van der Waals surface area contributed by atoms with Gasteiger partial charge in [-0.05, 0) is 47.4 Å². The van der Waals surface area contributed by atoms with Gasteiger partial charge in [0, 0.05) is 0 Å². The van der Waals surface area contributed by atoms with Crippen LogP contribution < -0.4 is 4.74 Å². The van der Waals surface area contributed by atoms with Gasteiger partial charge in [-0.1, -0.05) is 60.2 Å². The summed E-state index contributed by atoms with van der Waals surface area (Å²) >= 11 is 0. The first-order valence-electron chi connectivity index (χ1n) is 7.08. The van der Waals surface area contributed by atoms with Gasteiger partial charge in [0.05, 0.1) is 7.11 Å². The first-order valence-corrected chi connectivity index (χ1v) is 7.08. The molecule has 1 nitrogen and oxygen atoms in total. The van der Waals surface area contributed by atoms with Gasteiger partial charge in [0.15, 0.2) is 0 Å². The molecule has 0 atom stereocenters. The maximum absolute atomic E-state index is 5.46. The number of benzene rings is 3. The first kappa shape index (κ1) is 13.4. The molecular formula is C20H18O. The lowest BCUT2D eigenvalue weighted by atomic mass is 9.98. The molecule has 0 saturated heterocycles. The standard InChI is InChI=1S/C20H18O/c1-15-8-10-17(11-9-15)19-12-18(13-20(14-19)21-2)16-6-4-3-5-7-16/h3-14H,1-2H3. The monoisotopic (exact) mass is 274 g/mol. The third kappa shape index (κ3) is 2.97. The van der Waals surface area contributed by atoms with Crippen molar-refractivity contribution >= 4 is 0 Å². The second-order valence-electron chi connectivity index (χ2n) is 5.18. The summed E-state index contributed by atoms with van der Waals surface area (Å²) in [5, 5.41) is 0. The molecule has 3 rings (SSSR count). The van der Waals surface area contributed by atoms with Crippen LogP contribution in [0.2, 0.25) is 0 Å². The van der Waals surface area contributed by atoms with Gasteiger partial charge in [-0.3, -0.25) is 0 Å². The van der Waals surface area contributed by atoms with E-state index in [1.54, 1.807) is 7.11 Å². The molecule has 0 heterocycles. The van der Waals surface area contributed by atoms with Gasteiger partial charge in [-0.2, -0.15) is 0 Å². The SMILES string of the molecule is COc1cc(-c2ccccc2)cc(-c2ccc(C)cc2)c1. The van der Waals surface area contributed by atoms with Crippen LogP contribution in [0.15, 0.2) is 72.8 Å². The second kappa shape index (κ2) is 5.84. The van der Waals surface area contributed by atoms with E-state index in [0.29, 0.717) is 0 Å². The minimum absolute atomic E-state index is 0.881. The third-order valence-corrected chi connectivity index (χ3v) is 3.63. The Hall–Kier alpha value is -2.54. The van der Waals surface area contributed by atoms with Crippen LogP contribution in [0.4, 0.5) is 0 Å². The van der Waals surface area contributed by atoms with Crippen LogP contribution in [-0.4, -0.2) is 7.11 Å². The van der Waals surface area contributed by atoms with E-state index >= 15 is 0 Å². The average molecular weight is 274 g/mol. The van der Waals surface area contributed by atoms with Gasteiger partial charge in [0.25, 0.3) is 0 Å². The molecule has 104 valence electrons. The van der Waals surface area contributed by atoms with E-state index in [2.05, 4.69) is 73.7 Å². The highest BCUT2D eigenvalue weighted by atomic mass is 16.5. The van der Waals surface area contributed by atoms with Crippen molar-refractivity contribution in [1.29, 1.82) is 0 Å². The largest absolute Gasteiger partial charge is 0.497 e. The van der Waals surface area contributed by atoms with Crippen molar-refractivity contribution in [3.63, 3.8) is 0 Å². The molecule has 0 N–H and O–H groups in total. The average Bonchev–Trinajstić information content (AvgIpc) is 2.56. The summed E-state index contributed by atoms with van der Waals surface area (Å²) in [5.74, 6) is 0.881. The van der Waals surface area contributed by atoms with Crippen LogP contribution in [0, 0.1) is 6.92 Å². The van der Waals surface area contributed by atoms with E-state index in [4.69, 9.17) is 4.74 Å². The van der Waals surface area contributed by atoms with E-state index < -0.39 is 0 Å². The zero-order valence-corrected chi connectivity index (χ0v) is 12.3. The zero-order valence-electron chi connectivity index (χ0n) is 12.3. The molecule has 3 aromatic carbocycles. The molecule has 0 radical (unpaired) electrons. The molecule has 21 heavy (non-hydrogen) atoms. The number of methoxy groups -OCH3 is 1. The summed E-state index contributed by atoms with van der Waals surface area (Å²) in [6, 6.07) is 25.3. The Morgan fingerprint density at radius 1 is 0.619 bits per heavy atom. The van der Waals surface area contributed by atoms with E-state index in [-0.39, 0.29) is 0 Å². The maximum atomic E-state index is 5.46. The number of hydrogen-bond donors (Lipinski definition) is 0. The van der Waals surface area contributed by atoms with Crippen molar-refractivity contribution in [2.24, 2.45) is 0 Å². The van der Waals surface area contributed by atoms with E-state index in [1.165, 1.54) is 27.8 Å². The van der Waals surface area contributed by atoms with Crippen LogP contribution in [0.1, 0.15) is 5.56 Å². The summed E-state index contributed by atoms with van der Waals surface area (Å²) in [6.07, 6.45) is 0. The third-order valence-electron chi connectivity index (χ3n) is 3.63. The molecule has 0 unspecified atom stereocenters. The van der Waals surface area contributed by atoms with Crippen molar-refractivity contribution in [2.75, 3.05) is 7.11 Å². The van der Waals surface area contributed by atoms with E-state index in [1.807, 2.05) is 6.07 Å². The first-order chi connectivity index (χ1) is 10.3. The summed E-state index contributed by atoms with van der Waals surface area (Å²) in [5.41, 5.74) is 6.02. The maximum Gasteiger partial charge on any atom is 0.120 e. The van der Waals surface area contributed by atoms with Crippen LogP contribution >= 0.6 is 0 Å². The summed E-state index contributed by atoms with van der Waals surface area (Å²) in [6.45, 7) is 2.10. The molecule has 0 spiro atoms. The van der Waals surface area contributed by atoms with Crippen molar-refractivity contribution < 1.29 is 4.74 Å². The Labute approximate surface area is 125 Å². The fourth-order valence-electron chi connectivity index (χ4n) is 2.43. The summed E-state index contributed by atoms with van der Waals surface area (Å²) < 4.78 is 5.46. The molecule has 0 fully saturated rings. The molecule has 0 aliphatic rings. The van der Waals surface area contributed by atoms with Gasteiger partial charge in [-0.25, -0.2) is 0 Å². The molecular weight excluding hydrogens is 256 g/mol. The molecule has 0 aliphatic carbocycles. The van der Waals surface area contributed by atoms with Crippen LogP contribution in [0.25, 0.3) is 22.3 Å². The predicted octanol–water partition coefficient (Wildman–Crippen LogP) is 5.34. The highest BCUT2D eigenvalue weighted by Crippen LogP contribution is 2.31. The molecule has 0 aromatic heterocycles. The number of rotatable bonds is 3. The zero-order chi connectivity index (χ0) is 14.7. The summed E-state index contributed by atoms with van der Waals surface area (Å²) in [4.78, 5) is 0. The lowest BCUT2D eigenvalue weighted by Gasteiger charge is -2.10. The lowest BCUT2D eigenvalue weighted by molar-refractivity contribution is 0.415. The molecule has 1 heteroatoms. The van der Waals surface area contributed by atoms with Gasteiger partial charge in [0.1, 0.15) is 5.75 Å². The van der Waals surface area contributed by atoms with Gasteiger partial charge < -0.3 is 4.74 Å². The Balaban J connectivity index is 2.11. The van der Waals surface area contributed by atoms with Crippen molar-refractivity contribution in [1.82, 2.24) is 0 Å². The van der Waals surface area contributed by atoms with Gasteiger partial charge in [0.2, 0.25) is 0 Å². The highest BCUT2D eigenvalue weighted by Gasteiger charge is 2.05. The predicted molar refractivity (Wildman–Crippen MR) is 88.6 cm³/mol. The minimum Gasteiger partial charge on any atom is -0.497 e. The van der Waals surface area contributed by atoms with Crippen LogP contribution in [0.5, 0.6) is 5.75 Å². The Morgan fingerprint density at radius 2 is 1.19 bits per heavy atom. The number of aryl methyl sites for hydroxylation is 1. The normalized spacial score (nSPS) is 10.4. The topological polar surface area (TPSA) is 9.23 Å². The quantitative estimate of drug-likeness (QED) is 0.626. The highest BCUT2D eigenvalue weighted by molar-refractivity contribution is 5.75. The number of hydrogen-bond acceptors (Lipinski definition) is 1. The Bertz CT molecular complexity index is 728. The van der Waals surface area contributed by atoms with E-state index in [9.17, 15) is 0 Å². The van der Waals surface area contributed by atoms with Crippen molar-refractivity contribution in [3.05, 3.63) is 78.4 Å². The van der Waals surface area contributed by atoms with Crippen molar-refractivity contribution in [3.8, 4) is 28.0 Å².